The van der Waals surface area contributed by atoms with E-state index in [1.165, 1.54) is 15.9 Å². The van der Waals surface area contributed by atoms with Gasteiger partial charge in [0.2, 0.25) is 5.91 Å². The number of hydrogen-bond acceptors (Lipinski definition) is 5. The van der Waals surface area contributed by atoms with Crippen LogP contribution in [0.15, 0.2) is 29.1 Å². The lowest BCUT2D eigenvalue weighted by molar-refractivity contribution is -0.116. The molecule has 2 aromatic heterocycles. The number of fused-ring (bicyclic) bond motifs is 1. The number of hydrogen-bond donors (Lipinski definition) is 1. The predicted molar refractivity (Wildman–Crippen MR) is 104 cm³/mol. The maximum absolute atomic E-state index is 12.8. The third kappa shape index (κ3) is 3.48. The number of amides is 1. The van der Waals surface area contributed by atoms with E-state index in [4.69, 9.17) is 4.74 Å². The number of aromatic nitrogens is 2. The minimum atomic E-state index is -0.273. The second kappa shape index (κ2) is 7.29. The van der Waals surface area contributed by atoms with Gasteiger partial charge in [0.25, 0.3) is 5.56 Å². The van der Waals surface area contributed by atoms with Gasteiger partial charge in [-0.05, 0) is 57.5 Å². The lowest BCUT2D eigenvalue weighted by Crippen LogP contribution is -2.30. The summed E-state index contributed by atoms with van der Waals surface area (Å²) in [5, 5.41) is 3.41. The van der Waals surface area contributed by atoms with Gasteiger partial charge < -0.3 is 10.1 Å². The first-order valence-electron chi connectivity index (χ1n) is 8.40. The SMILES string of the molecule is CCOc1ccc(NC(=O)Cn2c(C)nc3sc(C)c(C)c3c2=O)cc1. The molecular weight excluding hydrogens is 350 g/mol. The van der Waals surface area contributed by atoms with Crippen LogP contribution in [-0.4, -0.2) is 22.1 Å². The maximum atomic E-state index is 12.8. The second-order valence-corrected chi connectivity index (χ2v) is 7.22. The van der Waals surface area contributed by atoms with Crippen LogP contribution in [0.2, 0.25) is 0 Å². The smallest absolute Gasteiger partial charge is 0.263 e. The van der Waals surface area contributed by atoms with E-state index in [1.54, 1.807) is 31.2 Å². The number of rotatable bonds is 5. The zero-order valence-corrected chi connectivity index (χ0v) is 16.1. The van der Waals surface area contributed by atoms with Gasteiger partial charge in [-0.3, -0.25) is 14.2 Å². The average molecular weight is 371 g/mol. The van der Waals surface area contributed by atoms with Crippen molar-refractivity contribution in [3.8, 4) is 5.75 Å². The lowest BCUT2D eigenvalue weighted by Gasteiger charge is -2.11. The van der Waals surface area contributed by atoms with Gasteiger partial charge in [0, 0.05) is 10.6 Å². The average Bonchev–Trinajstić information content (AvgIpc) is 2.88. The van der Waals surface area contributed by atoms with Crippen molar-refractivity contribution in [1.29, 1.82) is 0 Å². The quantitative estimate of drug-likeness (QED) is 0.746. The number of benzene rings is 1. The molecule has 2 heterocycles. The van der Waals surface area contributed by atoms with Crippen molar-refractivity contribution >= 4 is 33.1 Å². The molecule has 6 nitrogen and oxygen atoms in total. The van der Waals surface area contributed by atoms with Crippen LogP contribution in [0, 0.1) is 20.8 Å². The van der Waals surface area contributed by atoms with Crippen LogP contribution >= 0.6 is 11.3 Å². The number of aryl methyl sites for hydroxylation is 3. The summed E-state index contributed by atoms with van der Waals surface area (Å²) in [5.41, 5.74) is 1.42. The molecule has 0 aliphatic heterocycles. The summed E-state index contributed by atoms with van der Waals surface area (Å²) in [5.74, 6) is 1.01. The van der Waals surface area contributed by atoms with Gasteiger partial charge in [0.05, 0.1) is 12.0 Å². The van der Waals surface area contributed by atoms with Crippen molar-refractivity contribution in [2.45, 2.75) is 34.2 Å². The first-order chi connectivity index (χ1) is 12.4. The van der Waals surface area contributed by atoms with Crippen molar-refractivity contribution in [3.05, 3.63) is 50.9 Å². The molecule has 0 atom stereocenters. The molecule has 0 saturated heterocycles. The fourth-order valence-electron chi connectivity index (χ4n) is 2.76. The molecule has 0 aliphatic rings. The predicted octanol–water partition coefficient (Wildman–Crippen LogP) is 3.42. The number of anilines is 1. The summed E-state index contributed by atoms with van der Waals surface area (Å²) in [6.45, 7) is 8.06. The van der Waals surface area contributed by atoms with Gasteiger partial charge in [-0.15, -0.1) is 11.3 Å². The third-order valence-corrected chi connectivity index (χ3v) is 5.33. The Morgan fingerprint density at radius 2 is 1.92 bits per heavy atom. The van der Waals surface area contributed by atoms with Crippen molar-refractivity contribution in [1.82, 2.24) is 9.55 Å². The van der Waals surface area contributed by atoms with Gasteiger partial charge in [-0.2, -0.15) is 0 Å². The van der Waals surface area contributed by atoms with Gasteiger partial charge in [0.1, 0.15) is 22.9 Å². The largest absolute Gasteiger partial charge is 0.494 e. The molecule has 26 heavy (non-hydrogen) atoms. The second-order valence-electron chi connectivity index (χ2n) is 6.02. The zero-order chi connectivity index (χ0) is 18.8. The molecule has 0 radical (unpaired) electrons. The topological polar surface area (TPSA) is 73.2 Å². The Balaban J connectivity index is 1.83. The third-order valence-electron chi connectivity index (χ3n) is 4.23. The van der Waals surface area contributed by atoms with Crippen LogP contribution in [-0.2, 0) is 11.3 Å². The first kappa shape index (κ1) is 18.1. The molecule has 136 valence electrons. The number of carbonyl (C=O) groups excluding carboxylic acids is 1. The Morgan fingerprint density at radius 1 is 1.23 bits per heavy atom. The molecule has 0 saturated carbocycles. The Hall–Kier alpha value is -2.67. The number of nitrogens with one attached hydrogen (secondary N) is 1. The molecule has 0 unspecified atom stereocenters. The number of nitrogens with zero attached hydrogens (tertiary/aromatic N) is 2. The Bertz CT molecular complexity index is 1020. The normalized spacial score (nSPS) is 10.9. The number of carbonyl (C=O) groups is 1. The van der Waals surface area contributed by atoms with Crippen LogP contribution in [0.3, 0.4) is 0 Å². The van der Waals surface area contributed by atoms with Crippen LogP contribution in [0.4, 0.5) is 5.69 Å². The van der Waals surface area contributed by atoms with Crippen molar-refractivity contribution in [2.75, 3.05) is 11.9 Å². The molecule has 1 aromatic carbocycles. The van der Waals surface area contributed by atoms with E-state index in [1.807, 2.05) is 20.8 Å². The zero-order valence-electron chi connectivity index (χ0n) is 15.3. The van der Waals surface area contributed by atoms with Gasteiger partial charge in [-0.25, -0.2) is 4.98 Å². The fourth-order valence-corrected chi connectivity index (χ4v) is 3.83. The van der Waals surface area contributed by atoms with Crippen molar-refractivity contribution < 1.29 is 9.53 Å². The monoisotopic (exact) mass is 371 g/mol. The van der Waals surface area contributed by atoms with E-state index < -0.39 is 0 Å². The lowest BCUT2D eigenvalue weighted by atomic mass is 10.2. The molecule has 0 fully saturated rings. The number of thiophene rings is 1. The molecule has 3 aromatic rings. The van der Waals surface area contributed by atoms with Crippen LogP contribution in [0.5, 0.6) is 5.75 Å². The van der Waals surface area contributed by atoms with Gasteiger partial charge in [0.15, 0.2) is 0 Å². The standard InChI is InChI=1S/C19H21N3O3S/c1-5-25-15-8-6-14(7-9-15)21-16(23)10-22-13(4)20-18-17(19(22)24)11(2)12(3)26-18/h6-9H,5,10H2,1-4H3,(H,21,23). The summed E-state index contributed by atoms with van der Waals surface area (Å²) in [6, 6.07) is 7.13. The summed E-state index contributed by atoms with van der Waals surface area (Å²) >= 11 is 1.51. The molecule has 0 bridgehead atoms. The van der Waals surface area contributed by atoms with E-state index in [0.29, 0.717) is 23.5 Å². The van der Waals surface area contributed by atoms with Crippen molar-refractivity contribution in [2.24, 2.45) is 0 Å². The highest BCUT2D eigenvalue weighted by molar-refractivity contribution is 7.18. The summed E-state index contributed by atoms with van der Waals surface area (Å²) in [4.78, 5) is 31.5. The molecule has 3 rings (SSSR count). The fraction of sp³-hybridized carbons (Fsp3) is 0.316. The molecule has 0 spiro atoms. The van der Waals surface area contributed by atoms with Crippen LogP contribution in [0.1, 0.15) is 23.2 Å². The van der Waals surface area contributed by atoms with Crippen molar-refractivity contribution in [3.63, 3.8) is 0 Å². The van der Waals surface area contributed by atoms with E-state index in [2.05, 4.69) is 10.3 Å². The van der Waals surface area contributed by atoms with Gasteiger partial charge in [-0.1, -0.05) is 0 Å². The summed E-state index contributed by atoms with van der Waals surface area (Å²) < 4.78 is 6.80. The van der Waals surface area contributed by atoms with E-state index >= 15 is 0 Å². The highest BCUT2D eigenvalue weighted by atomic mass is 32.1. The van der Waals surface area contributed by atoms with E-state index in [-0.39, 0.29) is 18.0 Å². The van der Waals surface area contributed by atoms with Crippen LogP contribution in [0.25, 0.3) is 10.2 Å². The Labute approximate surface area is 155 Å². The van der Waals surface area contributed by atoms with Crippen LogP contribution < -0.4 is 15.6 Å². The minimum absolute atomic E-state index is 0.0743. The molecule has 1 amide bonds. The molecule has 0 aliphatic carbocycles. The minimum Gasteiger partial charge on any atom is -0.494 e. The molecule has 7 heteroatoms. The van der Waals surface area contributed by atoms with E-state index in [0.717, 1.165) is 21.0 Å². The Morgan fingerprint density at radius 3 is 2.58 bits per heavy atom. The van der Waals surface area contributed by atoms with Gasteiger partial charge >= 0.3 is 0 Å². The summed E-state index contributed by atoms with van der Waals surface area (Å²) in [6.07, 6.45) is 0. The molecule has 1 N–H and O–H groups in total. The highest BCUT2D eigenvalue weighted by Crippen LogP contribution is 2.26. The first-order valence-corrected chi connectivity index (χ1v) is 9.22. The van der Waals surface area contributed by atoms with E-state index in [9.17, 15) is 9.59 Å². The highest BCUT2D eigenvalue weighted by Gasteiger charge is 2.16. The summed E-state index contributed by atoms with van der Waals surface area (Å²) in [7, 11) is 0. The number of ether oxygens (including phenoxy) is 1. The maximum Gasteiger partial charge on any atom is 0.263 e. The Kier molecular flexibility index (Phi) is 5.08. The molecular formula is C19H21N3O3S.